The lowest BCUT2D eigenvalue weighted by Gasteiger charge is -2.35. The van der Waals surface area contributed by atoms with Crippen LogP contribution in [-0.2, 0) is 21.2 Å². The normalized spacial score (nSPS) is 17.3. The summed E-state index contributed by atoms with van der Waals surface area (Å²) in [6.45, 7) is 10.2. The zero-order valence-electron chi connectivity index (χ0n) is 20.0. The van der Waals surface area contributed by atoms with Gasteiger partial charge in [-0.3, -0.25) is 4.31 Å². The number of thioether (sulfide) groups is 1. The van der Waals surface area contributed by atoms with Crippen molar-refractivity contribution in [3.05, 3.63) is 48.0 Å². The van der Waals surface area contributed by atoms with E-state index in [9.17, 15) is 8.42 Å². The van der Waals surface area contributed by atoms with Gasteiger partial charge in [-0.1, -0.05) is 32.9 Å². The van der Waals surface area contributed by atoms with Gasteiger partial charge in [-0.15, -0.1) is 11.8 Å². The molecule has 7 heteroatoms. The fraction of sp³-hybridized carbons (Fsp3) is 0.538. The predicted molar refractivity (Wildman–Crippen MR) is 138 cm³/mol. The summed E-state index contributed by atoms with van der Waals surface area (Å²) in [6.07, 6.45) is 3.09. The molecule has 4 rings (SSSR count). The minimum atomic E-state index is -3.68. The average Bonchev–Trinajstić information content (AvgIpc) is 2.83. The van der Waals surface area contributed by atoms with Gasteiger partial charge in [-0.2, -0.15) is 0 Å². The first-order chi connectivity index (χ1) is 15.9. The van der Waals surface area contributed by atoms with Crippen LogP contribution in [0.5, 0.6) is 0 Å². The highest BCUT2D eigenvalue weighted by molar-refractivity contribution is 7.99. The van der Waals surface area contributed by atoms with Gasteiger partial charge in [-0.05, 0) is 67.0 Å². The Morgan fingerprint density at radius 2 is 1.85 bits per heavy atom. The fourth-order valence-corrected chi connectivity index (χ4v) is 7.22. The maximum atomic E-state index is 13.9. The molecule has 0 saturated carbocycles. The van der Waals surface area contributed by atoms with Crippen LogP contribution in [0.1, 0.15) is 39.2 Å². The quantitative estimate of drug-likeness (QED) is 0.495. The Hall–Kier alpha value is -1.70. The molecule has 0 unspecified atom stereocenters. The van der Waals surface area contributed by atoms with Crippen molar-refractivity contribution in [1.82, 2.24) is 0 Å². The maximum absolute atomic E-state index is 13.9. The summed E-state index contributed by atoms with van der Waals surface area (Å²) in [5, 5.41) is 0. The molecular formula is C26H36N2O3S2. The van der Waals surface area contributed by atoms with Crippen molar-refractivity contribution in [3.8, 4) is 0 Å². The molecule has 2 aromatic carbocycles. The smallest absolute Gasteiger partial charge is 0.264 e. The van der Waals surface area contributed by atoms with E-state index in [-0.39, 0.29) is 5.92 Å². The predicted octanol–water partition coefficient (Wildman–Crippen LogP) is 5.44. The second kappa shape index (κ2) is 10.7. The summed E-state index contributed by atoms with van der Waals surface area (Å²) in [6, 6.07) is 13.6. The molecule has 2 aliphatic heterocycles. The van der Waals surface area contributed by atoms with E-state index in [1.54, 1.807) is 10.4 Å². The fourth-order valence-electron chi connectivity index (χ4n) is 4.54. The Balaban J connectivity index is 1.66. The van der Waals surface area contributed by atoms with E-state index in [0.717, 1.165) is 62.7 Å². The van der Waals surface area contributed by atoms with Crippen molar-refractivity contribution < 1.29 is 13.2 Å². The van der Waals surface area contributed by atoms with Gasteiger partial charge in [0.05, 0.1) is 16.3 Å². The number of sulfonamides is 1. The maximum Gasteiger partial charge on any atom is 0.264 e. The highest BCUT2D eigenvalue weighted by Gasteiger charge is 2.29. The molecule has 33 heavy (non-hydrogen) atoms. The standard InChI is InChI=1S/C26H36N2O3S2/c1-4-21-5-7-23(8-6-21)28(18-20(2)3)33(29,30)24-9-10-26-25(17-24)27(13-16-32-26)19-22-11-14-31-15-12-22/h5-10,17,20,22H,4,11-16,18-19H2,1-3H3. The van der Waals surface area contributed by atoms with Crippen molar-refractivity contribution in [2.45, 2.75) is 49.8 Å². The van der Waals surface area contributed by atoms with Crippen LogP contribution in [0.15, 0.2) is 52.3 Å². The monoisotopic (exact) mass is 488 g/mol. The van der Waals surface area contributed by atoms with Gasteiger partial charge in [-0.25, -0.2) is 8.42 Å². The lowest BCUT2D eigenvalue weighted by atomic mass is 9.99. The molecule has 0 spiro atoms. The SMILES string of the molecule is CCc1ccc(N(CC(C)C)S(=O)(=O)c2ccc3c(c2)N(CC2CCOCC2)CCS3)cc1. The Labute approximate surface area is 203 Å². The third-order valence-corrected chi connectivity index (χ3v) is 9.29. The number of nitrogens with zero attached hydrogens (tertiary/aromatic N) is 2. The van der Waals surface area contributed by atoms with Crippen LogP contribution in [0.25, 0.3) is 0 Å². The molecule has 0 atom stereocenters. The zero-order valence-corrected chi connectivity index (χ0v) is 21.6. The highest BCUT2D eigenvalue weighted by Crippen LogP contribution is 2.38. The number of rotatable bonds is 8. The summed E-state index contributed by atoms with van der Waals surface area (Å²) in [4.78, 5) is 3.94. The first-order valence-corrected chi connectivity index (χ1v) is 14.5. The summed E-state index contributed by atoms with van der Waals surface area (Å²) in [5.41, 5.74) is 2.99. The first-order valence-electron chi connectivity index (χ1n) is 12.1. The largest absolute Gasteiger partial charge is 0.381 e. The average molecular weight is 489 g/mol. The lowest BCUT2D eigenvalue weighted by Crippen LogP contribution is -2.37. The summed E-state index contributed by atoms with van der Waals surface area (Å²) in [5.74, 6) is 1.85. The molecule has 2 aliphatic rings. The number of hydrogen-bond acceptors (Lipinski definition) is 5. The number of benzene rings is 2. The Bertz CT molecular complexity index is 1030. The molecule has 5 nitrogen and oxygen atoms in total. The molecule has 1 fully saturated rings. The number of aryl methyl sites for hydroxylation is 1. The molecule has 0 N–H and O–H groups in total. The number of hydrogen-bond donors (Lipinski definition) is 0. The van der Waals surface area contributed by atoms with E-state index >= 15 is 0 Å². The molecule has 0 bridgehead atoms. The highest BCUT2D eigenvalue weighted by atomic mass is 32.2. The van der Waals surface area contributed by atoms with Gasteiger partial charge in [0.1, 0.15) is 0 Å². The van der Waals surface area contributed by atoms with Crippen molar-refractivity contribution in [1.29, 1.82) is 0 Å². The topological polar surface area (TPSA) is 49.9 Å². The van der Waals surface area contributed by atoms with Crippen molar-refractivity contribution in [2.24, 2.45) is 11.8 Å². The molecular weight excluding hydrogens is 452 g/mol. The Kier molecular flexibility index (Phi) is 7.92. The van der Waals surface area contributed by atoms with Crippen LogP contribution in [0.3, 0.4) is 0 Å². The van der Waals surface area contributed by atoms with E-state index in [0.29, 0.717) is 17.4 Å². The summed E-state index contributed by atoms with van der Waals surface area (Å²) in [7, 11) is -3.68. The van der Waals surface area contributed by atoms with Gasteiger partial charge >= 0.3 is 0 Å². The van der Waals surface area contributed by atoms with Crippen LogP contribution in [0.2, 0.25) is 0 Å². The van der Waals surface area contributed by atoms with Crippen LogP contribution in [-0.4, -0.2) is 47.0 Å². The Morgan fingerprint density at radius 3 is 2.52 bits per heavy atom. The molecule has 0 aromatic heterocycles. The van der Waals surface area contributed by atoms with Gasteiger partial charge in [0, 0.05) is 43.5 Å². The molecule has 0 radical (unpaired) electrons. The van der Waals surface area contributed by atoms with Crippen LogP contribution >= 0.6 is 11.8 Å². The second-order valence-corrected chi connectivity index (χ2v) is 12.4. The first kappa shape index (κ1) is 24.4. The van der Waals surface area contributed by atoms with Gasteiger partial charge in [0.2, 0.25) is 0 Å². The Morgan fingerprint density at radius 1 is 1.12 bits per heavy atom. The van der Waals surface area contributed by atoms with Gasteiger partial charge in [0.15, 0.2) is 0 Å². The molecule has 180 valence electrons. The minimum Gasteiger partial charge on any atom is -0.381 e. The molecule has 0 aliphatic carbocycles. The second-order valence-electron chi connectivity index (χ2n) is 9.43. The van der Waals surface area contributed by atoms with Gasteiger partial charge in [0.25, 0.3) is 10.0 Å². The summed E-state index contributed by atoms with van der Waals surface area (Å²) >= 11 is 1.82. The van der Waals surface area contributed by atoms with E-state index < -0.39 is 10.0 Å². The van der Waals surface area contributed by atoms with Crippen LogP contribution in [0.4, 0.5) is 11.4 Å². The van der Waals surface area contributed by atoms with E-state index in [1.165, 1.54) is 10.5 Å². The zero-order chi connectivity index (χ0) is 23.4. The van der Waals surface area contributed by atoms with Crippen molar-refractivity contribution in [3.63, 3.8) is 0 Å². The molecule has 2 heterocycles. The summed E-state index contributed by atoms with van der Waals surface area (Å²) < 4.78 is 34.9. The van der Waals surface area contributed by atoms with Crippen molar-refractivity contribution in [2.75, 3.05) is 47.8 Å². The molecule has 1 saturated heterocycles. The lowest BCUT2D eigenvalue weighted by molar-refractivity contribution is 0.0682. The number of anilines is 2. The van der Waals surface area contributed by atoms with Crippen LogP contribution < -0.4 is 9.21 Å². The molecule has 2 aromatic rings. The third-order valence-electron chi connectivity index (χ3n) is 6.46. The van der Waals surface area contributed by atoms with Crippen LogP contribution in [0, 0.1) is 11.8 Å². The van der Waals surface area contributed by atoms with Gasteiger partial charge < -0.3 is 9.64 Å². The van der Waals surface area contributed by atoms with Crippen molar-refractivity contribution >= 4 is 33.2 Å². The van der Waals surface area contributed by atoms with E-state index in [4.69, 9.17) is 4.74 Å². The molecule has 0 amide bonds. The van der Waals surface area contributed by atoms with E-state index in [2.05, 4.69) is 25.7 Å². The third kappa shape index (κ3) is 5.69. The number of ether oxygens (including phenoxy) is 1. The minimum absolute atomic E-state index is 0.212. The van der Waals surface area contributed by atoms with E-state index in [1.807, 2.05) is 48.2 Å². The number of fused-ring (bicyclic) bond motifs is 1.